The molecule has 0 spiro atoms. The van der Waals surface area contributed by atoms with Crippen LogP contribution in [0.25, 0.3) is 0 Å². The van der Waals surface area contributed by atoms with Crippen molar-refractivity contribution in [1.82, 2.24) is 0 Å². The summed E-state index contributed by atoms with van der Waals surface area (Å²) in [5, 5.41) is 11.9. The van der Waals surface area contributed by atoms with Crippen LogP contribution in [-0.2, 0) is 6.61 Å². The van der Waals surface area contributed by atoms with E-state index in [-0.39, 0.29) is 0 Å². The Bertz CT molecular complexity index is 556. The predicted octanol–water partition coefficient (Wildman–Crippen LogP) is 3.77. The third-order valence-electron chi connectivity index (χ3n) is 2.95. The lowest BCUT2D eigenvalue weighted by atomic mass is 10.1. The minimum Gasteiger partial charge on any atom is -0.489 e. The van der Waals surface area contributed by atoms with Gasteiger partial charge in [0.1, 0.15) is 12.4 Å². The van der Waals surface area contributed by atoms with E-state index >= 15 is 0 Å². The molecule has 0 aromatic heterocycles. The van der Waals surface area contributed by atoms with Crippen LogP contribution in [0.2, 0.25) is 0 Å². The van der Waals surface area contributed by atoms with Gasteiger partial charge in [-0.3, -0.25) is 0 Å². The Balaban J connectivity index is 1.98. The van der Waals surface area contributed by atoms with Crippen molar-refractivity contribution in [3.05, 3.63) is 65.2 Å². The zero-order valence-corrected chi connectivity index (χ0v) is 11.1. The minimum atomic E-state index is 0.548. The predicted molar refractivity (Wildman–Crippen MR) is 76.0 cm³/mol. The van der Waals surface area contributed by atoms with Crippen LogP contribution in [0, 0.1) is 6.92 Å². The monoisotopic (exact) mass is 255 g/mol. The lowest BCUT2D eigenvalue weighted by molar-refractivity contribution is 0.306. The molecule has 0 saturated heterocycles. The fraction of sp³-hybridized carbons (Fsp3) is 0.188. The van der Waals surface area contributed by atoms with E-state index in [0.717, 1.165) is 16.9 Å². The van der Waals surface area contributed by atoms with Crippen molar-refractivity contribution in [2.45, 2.75) is 20.5 Å². The highest BCUT2D eigenvalue weighted by atomic mass is 16.5. The van der Waals surface area contributed by atoms with Gasteiger partial charge in [0.25, 0.3) is 0 Å². The SMILES string of the molecule is C/C(=N\O)c1ccc(OCc2ccc(C)cc2)cc1. The van der Waals surface area contributed by atoms with Crippen LogP contribution in [0.5, 0.6) is 5.75 Å². The molecule has 3 heteroatoms. The van der Waals surface area contributed by atoms with Crippen molar-refractivity contribution in [2.24, 2.45) is 5.16 Å². The molecule has 19 heavy (non-hydrogen) atoms. The van der Waals surface area contributed by atoms with Gasteiger partial charge in [0.05, 0.1) is 5.71 Å². The first-order valence-electron chi connectivity index (χ1n) is 6.16. The number of aryl methyl sites for hydroxylation is 1. The van der Waals surface area contributed by atoms with E-state index in [1.54, 1.807) is 6.92 Å². The van der Waals surface area contributed by atoms with E-state index < -0.39 is 0 Å². The van der Waals surface area contributed by atoms with Crippen LogP contribution in [0.3, 0.4) is 0 Å². The molecule has 0 radical (unpaired) electrons. The van der Waals surface area contributed by atoms with Gasteiger partial charge in [-0.2, -0.15) is 0 Å². The van der Waals surface area contributed by atoms with Gasteiger partial charge in [-0.1, -0.05) is 35.0 Å². The summed E-state index contributed by atoms with van der Waals surface area (Å²) in [6.07, 6.45) is 0. The number of hydrogen-bond donors (Lipinski definition) is 1. The molecule has 0 heterocycles. The fourth-order valence-electron chi connectivity index (χ4n) is 1.70. The standard InChI is InChI=1S/C16H17NO2/c1-12-3-5-14(6-4-12)11-19-16-9-7-15(8-10-16)13(2)17-18/h3-10,18H,11H2,1-2H3/b17-13+. The summed E-state index contributed by atoms with van der Waals surface area (Å²) in [4.78, 5) is 0. The topological polar surface area (TPSA) is 41.8 Å². The molecule has 0 saturated carbocycles. The molecule has 2 aromatic rings. The number of hydrogen-bond acceptors (Lipinski definition) is 3. The molecule has 0 bridgehead atoms. The van der Waals surface area contributed by atoms with Gasteiger partial charge in [0.2, 0.25) is 0 Å². The molecule has 2 rings (SSSR count). The maximum Gasteiger partial charge on any atom is 0.119 e. The van der Waals surface area contributed by atoms with Crippen LogP contribution >= 0.6 is 0 Å². The average molecular weight is 255 g/mol. The molecule has 1 N–H and O–H groups in total. The van der Waals surface area contributed by atoms with E-state index in [1.807, 2.05) is 24.3 Å². The third kappa shape index (κ3) is 3.58. The number of ether oxygens (including phenoxy) is 1. The quantitative estimate of drug-likeness (QED) is 0.513. The van der Waals surface area contributed by atoms with Crippen molar-refractivity contribution >= 4 is 5.71 Å². The highest BCUT2D eigenvalue weighted by Crippen LogP contribution is 2.15. The first-order valence-corrected chi connectivity index (χ1v) is 6.16. The first-order chi connectivity index (χ1) is 9.19. The van der Waals surface area contributed by atoms with Gasteiger partial charge in [-0.25, -0.2) is 0 Å². The summed E-state index contributed by atoms with van der Waals surface area (Å²) in [5.41, 5.74) is 3.85. The Morgan fingerprint density at radius 3 is 2.26 bits per heavy atom. The summed E-state index contributed by atoms with van der Waals surface area (Å²) in [7, 11) is 0. The number of rotatable bonds is 4. The average Bonchev–Trinajstić information content (AvgIpc) is 2.46. The van der Waals surface area contributed by atoms with Gasteiger partial charge < -0.3 is 9.94 Å². The summed E-state index contributed by atoms with van der Waals surface area (Å²) < 4.78 is 5.70. The van der Waals surface area contributed by atoms with Gasteiger partial charge in [-0.05, 0) is 49.2 Å². The molecule has 98 valence electrons. The van der Waals surface area contributed by atoms with E-state index in [1.165, 1.54) is 5.56 Å². The van der Waals surface area contributed by atoms with Crippen molar-refractivity contribution in [3.63, 3.8) is 0 Å². The highest BCUT2D eigenvalue weighted by Gasteiger charge is 1.99. The molecule has 2 aromatic carbocycles. The zero-order chi connectivity index (χ0) is 13.7. The maximum absolute atomic E-state index is 8.69. The van der Waals surface area contributed by atoms with Crippen LogP contribution in [0.4, 0.5) is 0 Å². The Kier molecular flexibility index (Phi) is 4.18. The first kappa shape index (κ1) is 13.1. The smallest absolute Gasteiger partial charge is 0.119 e. The molecule has 3 nitrogen and oxygen atoms in total. The van der Waals surface area contributed by atoms with E-state index in [0.29, 0.717) is 12.3 Å². The van der Waals surface area contributed by atoms with Crippen LogP contribution in [0.1, 0.15) is 23.6 Å². The minimum absolute atomic E-state index is 0.548. The lowest BCUT2D eigenvalue weighted by Gasteiger charge is -2.07. The second kappa shape index (κ2) is 6.05. The molecule has 0 atom stereocenters. The van der Waals surface area contributed by atoms with Crippen LogP contribution in [0.15, 0.2) is 53.7 Å². The summed E-state index contributed by atoms with van der Waals surface area (Å²) in [5.74, 6) is 0.801. The maximum atomic E-state index is 8.69. The second-order valence-corrected chi connectivity index (χ2v) is 4.48. The highest BCUT2D eigenvalue weighted by molar-refractivity contribution is 5.98. The lowest BCUT2D eigenvalue weighted by Crippen LogP contribution is -1.97. The Morgan fingerprint density at radius 1 is 1.05 bits per heavy atom. The van der Waals surface area contributed by atoms with Crippen molar-refractivity contribution in [3.8, 4) is 5.75 Å². The number of oxime groups is 1. The van der Waals surface area contributed by atoms with Crippen molar-refractivity contribution < 1.29 is 9.94 Å². The van der Waals surface area contributed by atoms with E-state index in [4.69, 9.17) is 9.94 Å². The largest absolute Gasteiger partial charge is 0.489 e. The van der Waals surface area contributed by atoms with Gasteiger partial charge in [0.15, 0.2) is 0 Å². The third-order valence-corrected chi connectivity index (χ3v) is 2.95. The second-order valence-electron chi connectivity index (χ2n) is 4.48. The molecule has 0 aliphatic carbocycles. The van der Waals surface area contributed by atoms with Gasteiger partial charge in [0, 0.05) is 0 Å². The summed E-state index contributed by atoms with van der Waals surface area (Å²) >= 11 is 0. The van der Waals surface area contributed by atoms with Crippen LogP contribution in [-0.4, -0.2) is 10.9 Å². The summed E-state index contributed by atoms with van der Waals surface area (Å²) in [6, 6.07) is 15.8. The van der Waals surface area contributed by atoms with Crippen molar-refractivity contribution in [2.75, 3.05) is 0 Å². The molecule has 0 aliphatic rings. The molecule has 0 aliphatic heterocycles. The van der Waals surface area contributed by atoms with Crippen LogP contribution < -0.4 is 4.74 Å². The molecular formula is C16H17NO2. The Labute approximate surface area is 113 Å². The van der Waals surface area contributed by atoms with Gasteiger partial charge in [-0.15, -0.1) is 0 Å². The summed E-state index contributed by atoms with van der Waals surface area (Å²) in [6.45, 7) is 4.36. The molecule has 0 fully saturated rings. The van der Waals surface area contributed by atoms with E-state index in [2.05, 4.69) is 36.3 Å². The molecular weight excluding hydrogens is 238 g/mol. The normalized spacial score (nSPS) is 11.4. The number of benzene rings is 2. The Morgan fingerprint density at radius 2 is 1.68 bits per heavy atom. The molecule has 0 unspecified atom stereocenters. The molecule has 0 amide bonds. The van der Waals surface area contributed by atoms with Crippen molar-refractivity contribution in [1.29, 1.82) is 0 Å². The van der Waals surface area contributed by atoms with E-state index in [9.17, 15) is 0 Å². The fourth-order valence-corrected chi connectivity index (χ4v) is 1.70. The Hall–Kier alpha value is -2.29. The zero-order valence-electron chi connectivity index (χ0n) is 11.1. The number of nitrogens with zero attached hydrogens (tertiary/aromatic N) is 1. The van der Waals surface area contributed by atoms with Gasteiger partial charge >= 0.3 is 0 Å².